The molecule has 1 aliphatic heterocycles. The smallest absolute Gasteiger partial charge is 0.410 e. The molecule has 2 aromatic rings. The monoisotopic (exact) mass is 403 g/mol. The van der Waals surface area contributed by atoms with Crippen LogP contribution in [0, 0.1) is 5.82 Å². The van der Waals surface area contributed by atoms with Gasteiger partial charge in [-0.05, 0) is 45.0 Å². The standard InChI is InChI=1S/C21H26FN3O4/c1-21(2,3)29-20(27)25-12-10-24(11-13-25)19(26)9-8-18-23-14-17(28-18)15-4-6-16(22)7-5-15/h4-7,14H,8-13H2,1-3H3. The first-order chi connectivity index (χ1) is 13.7. The van der Waals surface area contributed by atoms with Gasteiger partial charge in [-0.15, -0.1) is 0 Å². The zero-order valence-corrected chi connectivity index (χ0v) is 17.0. The first-order valence-corrected chi connectivity index (χ1v) is 9.67. The van der Waals surface area contributed by atoms with E-state index in [2.05, 4.69) is 4.98 Å². The lowest BCUT2D eigenvalue weighted by Gasteiger charge is -2.35. The van der Waals surface area contributed by atoms with Gasteiger partial charge in [0.15, 0.2) is 11.7 Å². The van der Waals surface area contributed by atoms with E-state index in [4.69, 9.17) is 9.15 Å². The fourth-order valence-electron chi connectivity index (χ4n) is 3.01. The second kappa shape index (κ2) is 8.63. The molecule has 0 unspecified atom stereocenters. The highest BCUT2D eigenvalue weighted by molar-refractivity contribution is 5.77. The van der Waals surface area contributed by atoms with Gasteiger partial charge >= 0.3 is 6.09 Å². The molecule has 0 radical (unpaired) electrons. The zero-order valence-electron chi connectivity index (χ0n) is 17.0. The van der Waals surface area contributed by atoms with Crippen LogP contribution in [0.5, 0.6) is 0 Å². The summed E-state index contributed by atoms with van der Waals surface area (Å²) in [6.07, 6.45) is 1.88. The molecule has 29 heavy (non-hydrogen) atoms. The minimum Gasteiger partial charge on any atom is -0.444 e. The van der Waals surface area contributed by atoms with Crippen LogP contribution in [0.4, 0.5) is 9.18 Å². The number of benzene rings is 1. The van der Waals surface area contributed by atoms with Gasteiger partial charge in [0, 0.05) is 44.6 Å². The third kappa shape index (κ3) is 5.79. The molecule has 0 atom stereocenters. The topological polar surface area (TPSA) is 75.9 Å². The summed E-state index contributed by atoms with van der Waals surface area (Å²) in [6, 6.07) is 5.96. The van der Waals surface area contributed by atoms with Crippen LogP contribution in [0.1, 0.15) is 33.1 Å². The first kappa shape index (κ1) is 20.8. The number of halogens is 1. The molecule has 0 bridgehead atoms. The Morgan fingerprint density at radius 3 is 2.34 bits per heavy atom. The Balaban J connectivity index is 1.46. The van der Waals surface area contributed by atoms with Gasteiger partial charge in [0.2, 0.25) is 5.91 Å². The van der Waals surface area contributed by atoms with Gasteiger partial charge in [-0.3, -0.25) is 4.79 Å². The first-order valence-electron chi connectivity index (χ1n) is 9.67. The van der Waals surface area contributed by atoms with Crippen molar-refractivity contribution in [1.82, 2.24) is 14.8 Å². The van der Waals surface area contributed by atoms with E-state index in [0.717, 1.165) is 5.56 Å². The van der Waals surface area contributed by atoms with Crippen molar-refractivity contribution < 1.29 is 23.1 Å². The van der Waals surface area contributed by atoms with Crippen LogP contribution in [0.25, 0.3) is 11.3 Å². The SMILES string of the molecule is CC(C)(C)OC(=O)N1CCN(C(=O)CCc2ncc(-c3ccc(F)cc3)o2)CC1. The van der Waals surface area contributed by atoms with Gasteiger partial charge in [-0.25, -0.2) is 14.2 Å². The third-order valence-electron chi connectivity index (χ3n) is 4.52. The molecular weight excluding hydrogens is 377 g/mol. The minimum absolute atomic E-state index is 0.00429. The molecule has 0 N–H and O–H groups in total. The van der Waals surface area contributed by atoms with Gasteiger partial charge in [0.1, 0.15) is 11.4 Å². The van der Waals surface area contributed by atoms with Crippen molar-refractivity contribution in [1.29, 1.82) is 0 Å². The van der Waals surface area contributed by atoms with Crippen molar-refractivity contribution in [2.24, 2.45) is 0 Å². The van der Waals surface area contributed by atoms with E-state index in [1.807, 2.05) is 20.8 Å². The number of piperazine rings is 1. The lowest BCUT2D eigenvalue weighted by atomic mass is 10.2. The normalized spacial score (nSPS) is 14.8. The summed E-state index contributed by atoms with van der Waals surface area (Å²) >= 11 is 0. The van der Waals surface area contributed by atoms with Crippen molar-refractivity contribution in [2.45, 2.75) is 39.2 Å². The molecule has 0 aliphatic carbocycles. The van der Waals surface area contributed by atoms with Crippen LogP contribution < -0.4 is 0 Å². The maximum atomic E-state index is 13.0. The van der Waals surface area contributed by atoms with Crippen molar-refractivity contribution in [3.63, 3.8) is 0 Å². The summed E-state index contributed by atoms with van der Waals surface area (Å²) < 4.78 is 24.1. The second-order valence-corrected chi connectivity index (χ2v) is 7.97. The number of carbonyl (C=O) groups is 2. The van der Waals surface area contributed by atoms with E-state index >= 15 is 0 Å². The summed E-state index contributed by atoms with van der Waals surface area (Å²) in [7, 11) is 0. The molecular formula is C21H26FN3O4. The highest BCUT2D eigenvalue weighted by atomic mass is 19.1. The summed E-state index contributed by atoms with van der Waals surface area (Å²) in [6.45, 7) is 7.34. The number of oxazole rings is 1. The number of ether oxygens (including phenoxy) is 1. The molecule has 1 aromatic heterocycles. The predicted molar refractivity (Wildman–Crippen MR) is 105 cm³/mol. The number of nitrogens with zero attached hydrogens (tertiary/aromatic N) is 3. The largest absolute Gasteiger partial charge is 0.444 e. The summed E-state index contributed by atoms with van der Waals surface area (Å²) in [5.41, 5.74) is 0.196. The fraction of sp³-hybridized carbons (Fsp3) is 0.476. The zero-order chi connectivity index (χ0) is 21.0. The maximum Gasteiger partial charge on any atom is 0.410 e. The van der Waals surface area contributed by atoms with Crippen LogP contribution >= 0.6 is 0 Å². The van der Waals surface area contributed by atoms with Crippen LogP contribution in [0.15, 0.2) is 34.9 Å². The Labute approximate surface area is 169 Å². The lowest BCUT2D eigenvalue weighted by Crippen LogP contribution is -2.51. The number of rotatable bonds is 4. The molecule has 2 heterocycles. The fourth-order valence-corrected chi connectivity index (χ4v) is 3.01. The van der Waals surface area contributed by atoms with Crippen molar-refractivity contribution in [3.8, 4) is 11.3 Å². The van der Waals surface area contributed by atoms with Gasteiger partial charge in [0.05, 0.1) is 6.20 Å². The quantitative estimate of drug-likeness (QED) is 0.781. The minimum atomic E-state index is -0.535. The molecule has 1 saturated heterocycles. The Morgan fingerprint density at radius 2 is 1.72 bits per heavy atom. The number of amides is 2. The molecule has 1 aliphatic rings. The Morgan fingerprint density at radius 1 is 1.10 bits per heavy atom. The van der Waals surface area contributed by atoms with Crippen molar-refractivity contribution >= 4 is 12.0 Å². The third-order valence-corrected chi connectivity index (χ3v) is 4.52. The second-order valence-electron chi connectivity index (χ2n) is 7.97. The number of aryl methyl sites for hydroxylation is 1. The van der Waals surface area contributed by atoms with Crippen LogP contribution in [-0.4, -0.2) is 58.6 Å². The highest BCUT2D eigenvalue weighted by Crippen LogP contribution is 2.21. The summed E-state index contributed by atoms with van der Waals surface area (Å²) in [5, 5.41) is 0. The molecule has 8 heteroatoms. The molecule has 156 valence electrons. The van der Waals surface area contributed by atoms with E-state index in [1.165, 1.54) is 12.1 Å². The molecule has 1 fully saturated rings. The number of carbonyl (C=O) groups excluding carboxylic acids is 2. The summed E-state index contributed by atoms with van der Waals surface area (Å²) in [4.78, 5) is 32.1. The number of hydrogen-bond donors (Lipinski definition) is 0. The van der Waals surface area contributed by atoms with E-state index in [9.17, 15) is 14.0 Å². The van der Waals surface area contributed by atoms with E-state index in [-0.39, 0.29) is 24.2 Å². The van der Waals surface area contributed by atoms with Crippen molar-refractivity contribution in [2.75, 3.05) is 26.2 Å². The molecule has 1 aromatic carbocycles. The average molecular weight is 403 g/mol. The van der Waals surface area contributed by atoms with Crippen LogP contribution in [-0.2, 0) is 16.0 Å². The molecule has 3 rings (SSSR count). The van der Waals surface area contributed by atoms with Crippen molar-refractivity contribution in [3.05, 3.63) is 42.2 Å². The molecule has 7 nitrogen and oxygen atoms in total. The molecule has 2 amide bonds. The van der Waals surface area contributed by atoms with Gasteiger partial charge < -0.3 is 19.0 Å². The van der Waals surface area contributed by atoms with E-state index < -0.39 is 5.60 Å². The van der Waals surface area contributed by atoms with Crippen LogP contribution in [0.2, 0.25) is 0 Å². The Kier molecular flexibility index (Phi) is 6.20. The van der Waals surface area contributed by atoms with Crippen LogP contribution in [0.3, 0.4) is 0 Å². The molecule has 0 saturated carbocycles. The average Bonchev–Trinajstić information content (AvgIpc) is 3.14. The van der Waals surface area contributed by atoms with E-state index in [0.29, 0.717) is 44.3 Å². The van der Waals surface area contributed by atoms with E-state index in [1.54, 1.807) is 28.1 Å². The highest BCUT2D eigenvalue weighted by Gasteiger charge is 2.27. The Bertz CT molecular complexity index is 850. The Hall–Kier alpha value is -2.90. The number of hydrogen-bond acceptors (Lipinski definition) is 5. The molecule has 0 spiro atoms. The van der Waals surface area contributed by atoms with Gasteiger partial charge in [-0.2, -0.15) is 0 Å². The predicted octanol–water partition coefficient (Wildman–Crippen LogP) is 3.49. The van der Waals surface area contributed by atoms with Gasteiger partial charge in [-0.1, -0.05) is 0 Å². The summed E-state index contributed by atoms with van der Waals surface area (Å²) in [5.74, 6) is 0.685. The maximum absolute atomic E-state index is 13.0. The lowest BCUT2D eigenvalue weighted by molar-refractivity contribution is -0.133. The number of aromatic nitrogens is 1. The van der Waals surface area contributed by atoms with Gasteiger partial charge in [0.25, 0.3) is 0 Å².